The van der Waals surface area contributed by atoms with Gasteiger partial charge in [-0.2, -0.15) is 0 Å². The van der Waals surface area contributed by atoms with E-state index in [0.717, 1.165) is 22.6 Å². The van der Waals surface area contributed by atoms with Crippen molar-refractivity contribution in [2.75, 3.05) is 7.11 Å². The smallest absolute Gasteiger partial charge is 0.251 e. The van der Waals surface area contributed by atoms with E-state index in [0.29, 0.717) is 18.7 Å². The van der Waals surface area contributed by atoms with Crippen molar-refractivity contribution >= 4 is 27.7 Å². The predicted molar refractivity (Wildman–Crippen MR) is 127 cm³/mol. The Morgan fingerprint density at radius 1 is 0.906 bits per heavy atom. The Morgan fingerprint density at radius 2 is 1.66 bits per heavy atom. The van der Waals surface area contributed by atoms with E-state index < -0.39 is 0 Å². The molecule has 0 aliphatic heterocycles. The maximum Gasteiger partial charge on any atom is 0.251 e. The average molecular weight is 422 g/mol. The number of hydrogen-bond acceptors (Lipinski definition) is 3. The fourth-order valence-corrected chi connectivity index (χ4v) is 3.96. The van der Waals surface area contributed by atoms with Crippen molar-refractivity contribution in [3.05, 3.63) is 108 Å². The van der Waals surface area contributed by atoms with Gasteiger partial charge < -0.3 is 14.6 Å². The molecule has 1 aromatic heterocycles. The van der Waals surface area contributed by atoms with Crippen LogP contribution in [0.4, 0.5) is 0 Å². The number of carbonyl (C=O) groups is 1. The first-order valence-electron chi connectivity index (χ1n) is 10.6. The summed E-state index contributed by atoms with van der Waals surface area (Å²) in [6.07, 6.45) is 0. The number of nitrogens with zero attached hydrogens (tertiary/aromatic N) is 2. The number of nitrogens with one attached hydrogen (secondary N) is 1. The number of ether oxygens (including phenoxy) is 1. The number of methoxy groups -OCH3 is 1. The van der Waals surface area contributed by atoms with Gasteiger partial charge in [0.2, 0.25) is 0 Å². The van der Waals surface area contributed by atoms with Crippen molar-refractivity contribution in [1.82, 2.24) is 14.9 Å². The standard InChI is InChI=1S/C27H23N3O2/c1-32-23-14-12-21(13-15-23)27(31)28-17-26-29-24-8-4-5-9-25(24)30(26)18-19-10-11-20-6-2-3-7-22(20)16-19/h2-16H,17-18H2,1H3,(H,28,31). The van der Waals surface area contributed by atoms with Crippen molar-refractivity contribution in [2.24, 2.45) is 0 Å². The van der Waals surface area contributed by atoms with Gasteiger partial charge in [-0.3, -0.25) is 4.79 Å². The second-order valence-corrected chi connectivity index (χ2v) is 7.70. The highest BCUT2D eigenvalue weighted by molar-refractivity contribution is 5.94. The highest BCUT2D eigenvalue weighted by Gasteiger charge is 2.13. The van der Waals surface area contributed by atoms with E-state index in [1.54, 1.807) is 31.4 Å². The van der Waals surface area contributed by atoms with E-state index in [2.05, 4.69) is 58.4 Å². The quantitative estimate of drug-likeness (QED) is 0.411. The predicted octanol–water partition coefficient (Wildman–Crippen LogP) is 5.18. The summed E-state index contributed by atoms with van der Waals surface area (Å²) in [4.78, 5) is 17.5. The van der Waals surface area contributed by atoms with E-state index in [1.807, 2.05) is 18.2 Å². The van der Waals surface area contributed by atoms with Gasteiger partial charge in [0.15, 0.2) is 0 Å². The topological polar surface area (TPSA) is 56.1 Å². The van der Waals surface area contributed by atoms with Crippen molar-refractivity contribution in [3.63, 3.8) is 0 Å². The Hall–Kier alpha value is -4.12. The Labute approximate surface area is 186 Å². The van der Waals surface area contributed by atoms with Crippen LogP contribution in [-0.2, 0) is 13.1 Å². The monoisotopic (exact) mass is 421 g/mol. The molecule has 0 fully saturated rings. The maximum absolute atomic E-state index is 12.7. The summed E-state index contributed by atoms with van der Waals surface area (Å²) in [5.41, 5.74) is 3.74. The van der Waals surface area contributed by atoms with E-state index in [9.17, 15) is 4.79 Å². The lowest BCUT2D eigenvalue weighted by molar-refractivity contribution is 0.0949. The van der Waals surface area contributed by atoms with Crippen molar-refractivity contribution in [2.45, 2.75) is 13.1 Å². The van der Waals surface area contributed by atoms with Crippen LogP contribution >= 0.6 is 0 Å². The molecule has 5 heteroatoms. The maximum atomic E-state index is 12.7. The van der Waals surface area contributed by atoms with Gasteiger partial charge in [-0.15, -0.1) is 0 Å². The summed E-state index contributed by atoms with van der Waals surface area (Å²) in [7, 11) is 1.61. The largest absolute Gasteiger partial charge is 0.497 e. The van der Waals surface area contributed by atoms with Gasteiger partial charge in [0.05, 0.1) is 24.7 Å². The molecule has 1 amide bonds. The zero-order valence-corrected chi connectivity index (χ0v) is 17.8. The molecule has 0 atom stereocenters. The highest BCUT2D eigenvalue weighted by Crippen LogP contribution is 2.21. The number of carbonyl (C=O) groups excluding carboxylic acids is 1. The van der Waals surface area contributed by atoms with Gasteiger partial charge in [0.25, 0.3) is 5.91 Å². The molecule has 32 heavy (non-hydrogen) atoms. The van der Waals surface area contributed by atoms with Crippen LogP contribution in [0.3, 0.4) is 0 Å². The van der Waals surface area contributed by atoms with E-state index in [1.165, 1.54) is 16.3 Å². The second-order valence-electron chi connectivity index (χ2n) is 7.70. The normalized spacial score (nSPS) is 11.0. The molecule has 5 rings (SSSR count). The van der Waals surface area contributed by atoms with Crippen LogP contribution in [0.25, 0.3) is 21.8 Å². The van der Waals surface area contributed by atoms with Gasteiger partial charge >= 0.3 is 0 Å². The minimum absolute atomic E-state index is 0.142. The molecule has 158 valence electrons. The third-order valence-corrected chi connectivity index (χ3v) is 5.65. The third kappa shape index (κ3) is 3.93. The first kappa shape index (κ1) is 19.8. The SMILES string of the molecule is COc1ccc(C(=O)NCc2nc3ccccc3n2Cc2ccc3ccccc3c2)cc1. The first-order valence-corrected chi connectivity index (χ1v) is 10.6. The van der Waals surface area contributed by atoms with Gasteiger partial charge in [-0.05, 0) is 58.8 Å². The molecule has 4 aromatic carbocycles. The van der Waals surface area contributed by atoms with Crippen molar-refractivity contribution in [1.29, 1.82) is 0 Å². The van der Waals surface area contributed by atoms with E-state index >= 15 is 0 Å². The van der Waals surface area contributed by atoms with Gasteiger partial charge in [-0.25, -0.2) is 4.98 Å². The first-order chi connectivity index (χ1) is 15.7. The lowest BCUT2D eigenvalue weighted by atomic mass is 10.1. The summed E-state index contributed by atoms with van der Waals surface area (Å²) in [5, 5.41) is 5.44. The number of hydrogen-bond donors (Lipinski definition) is 1. The molecule has 0 saturated heterocycles. The average Bonchev–Trinajstić information content (AvgIpc) is 3.19. The number of aromatic nitrogens is 2. The van der Waals surface area contributed by atoms with Crippen LogP contribution in [-0.4, -0.2) is 22.6 Å². The van der Waals surface area contributed by atoms with Crippen LogP contribution in [0.15, 0.2) is 91.0 Å². The zero-order chi connectivity index (χ0) is 21.9. The van der Waals surface area contributed by atoms with E-state index in [-0.39, 0.29) is 5.91 Å². The van der Waals surface area contributed by atoms with Crippen molar-refractivity contribution in [3.8, 4) is 5.75 Å². The molecular formula is C27H23N3O2. The number of imidazole rings is 1. The summed E-state index contributed by atoms with van der Waals surface area (Å²) in [5.74, 6) is 1.40. The van der Waals surface area contributed by atoms with Crippen LogP contribution in [0.2, 0.25) is 0 Å². The molecule has 0 unspecified atom stereocenters. The van der Waals surface area contributed by atoms with Crippen molar-refractivity contribution < 1.29 is 9.53 Å². The number of amides is 1. The lowest BCUT2D eigenvalue weighted by Crippen LogP contribution is -2.24. The van der Waals surface area contributed by atoms with Crippen LogP contribution in [0.1, 0.15) is 21.7 Å². The molecule has 1 N–H and O–H groups in total. The second kappa shape index (κ2) is 8.55. The van der Waals surface area contributed by atoms with E-state index in [4.69, 9.17) is 9.72 Å². The molecule has 0 saturated carbocycles. The minimum atomic E-state index is -0.142. The number of rotatable bonds is 6. The van der Waals surface area contributed by atoms with Crippen LogP contribution in [0, 0.1) is 0 Å². The van der Waals surface area contributed by atoms with Gasteiger partial charge in [0.1, 0.15) is 11.6 Å². The fraction of sp³-hybridized carbons (Fsp3) is 0.111. The van der Waals surface area contributed by atoms with Gasteiger partial charge in [-0.1, -0.05) is 48.5 Å². The zero-order valence-electron chi connectivity index (χ0n) is 17.8. The van der Waals surface area contributed by atoms with Crippen LogP contribution in [0.5, 0.6) is 5.75 Å². The Kier molecular flexibility index (Phi) is 5.30. The molecule has 0 radical (unpaired) electrons. The molecule has 0 spiro atoms. The Bertz CT molecular complexity index is 1400. The fourth-order valence-electron chi connectivity index (χ4n) is 3.96. The molecule has 1 heterocycles. The summed E-state index contributed by atoms with van der Waals surface area (Å²) in [6.45, 7) is 1.02. The van der Waals surface area contributed by atoms with Crippen LogP contribution < -0.4 is 10.1 Å². The minimum Gasteiger partial charge on any atom is -0.497 e. The third-order valence-electron chi connectivity index (χ3n) is 5.65. The molecule has 5 aromatic rings. The molecule has 0 aliphatic carbocycles. The number of para-hydroxylation sites is 2. The molecule has 0 bridgehead atoms. The highest BCUT2D eigenvalue weighted by atomic mass is 16.5. The number of benzene rings is 4. The summed E-state index contributed by atoms with van der Waals surface area (Å²) < 4.78 is 7.34. The lowest BCUT2D eigenvalue weighted by Gasteiger charge is -2.11. The Morgan fingerprint density at radius 3 is 2.47 bits per heavy atom. The molecule has 5 nitrogen and oxygen atoms in total. The summed E-state index contributed by atoms with van der Waals surface area (Å²) in [6, 6.07) is 30.0. The molecular weight excluding hydrogens is 398 g/mol. The Balaban J connectivity index is 1.42. The molecule has 0 aliphatic rings. The summed E-state index contributed by atoms with van der Waals surface area (Å²) >= 11 is 0. The number of fused-ring (bicyclic) bond motifs is 2. The van der Waals surface area contributed by atoms with Gasteiger partial charge in [0, 0.05) is 12.1 Å².